The van der Waals surface area contributed by atoms with Gasteiger partial charge in [0.15, 0.2) is 0 Å². The first-order valence-corrected chi connectivity index (χ1v) is 6.08. The zero-order chi connectivity index (χ0) is 11.7. The standard InChI is InChI=1S/C14H16N2O/c17-10-11-6-8-16(9-11)14-5-1-4-13-12(14)3-2-7-15-13/h1-5,7,11,17H,6,8-10H2. The number of benzene rings is 1. The summed E-state index contributed by atoms with van der Waals surface area (Å²) < 4.78 is 0. The summed E-state index contributed by atoms with van der Waals surface area (Å²) in [4.78, 5) is 6.73. The molecule has 3 heteroatoms. The van der Waals surface area contributed by atoms with Gasteiger partial charge in [-0.15, -0.1) is 0 Å². The quantitative estimate of drug-likeness (QED) is 0.854. The number of anilines is 1. The van der Waals surface area contributed by atoms with Crippen molar-refractivity contribution >= 4 is 16.6 Å². The lowest BCUT2D eigenvalue weighted by molar-refractivity contribution is 0.238. The predicted molar refractivity (Wildman–Crippen MR) is 69.1 cm³/mol. The molecule has 3 rings (SSSR count). The Morgan fingerprint density at radius 1 is 1.29 bits per heavy atom. The van der Waals surface area contributed by atoms with E-state index in [4.69, 9.17) is 0 Å². The molecule has 1 aliphatic rings. The Hall–Kier alpha value is -1.61. The molecule has 1 fully saturated rings. The van der Waals surface area contributed by atoms with Crippen molar-refractivity contribution in [2.45, 2.75) is 6.42 Å². The number of aliphatic hydroxyl groups excluding tert-OH is 1. The van der Waals surface area contributed by atoms with Gasteiger partial charge in [-0.3, -0.25) is 4.98 Å². The number of fused-ring (bicyclic) bond motifs is 1. The van der Waals surface area contributed by atoms with Crippen LogP contribution in [0.5, 0.6) is 0 Å². The summed E-state index contributed by atoms with van der Waals surface area (Å²) in [5, 5.41) is 10.4. The summed E-state index contributed by atoms with van der Waals surface area (Å²) >= 11 is 0. The molecule has 1 aliphatic heterocycles. The molecule has 3 nitrogen and oxygen atoms in total. The zero-order valence-electron chi connectivity index (χ0n) is 9.71. The number of hydrogen-bond acceptors (Lipinski definition) is 3. The molecule has 2 aromatic rings. The van der Waals surface area contributed by atoms with Crippen molar-refractivity contribution in [3.8, 4) is 0 Å². The van der Waals surface area contributed by atoms with Gasteiger partial charge >= 0.3 is 0 Å². The highest BCUT2D eigenvalue weighted by Gasteiger charge is 2.22. The maximum absolute atomic E-state index is 9.20. The largest absolute Gasteiger partial charge is 0.396 e. The third kappa shape index (κ3) is 1.87. The number of pyridine rings is 1. The highest BCUT2D eigenvalue weighted by molar-refractivity contribution is 5.91. The van der Waals surface area contributed by atoms with Crippen LogP contribution in [0.3, 0.4) is 0 Å². The van der Waals surface area contributed by atoms with Gasteiger partial charge in [0.1, 0.15) is 0 Å². The fourth-order valence-electron chi connectivity index (χ4n) is 2.56. The van der Waals surface area contributed by atoms with E-state index in [1.807, 2.05) is 18.3 Å². The molecule has 0 spiro atoms. The van der Waals surface area contributed by atoms with Crippen molar-refractivity contribution in [3.05, 3.63) is 36.5 Å². The molecule has 88 valence electrons. The first-order valence-electron chi connectivity index (χ1n) is 6.08. The third-order valence-electron chi connectivity index (χ3n) is 3.51. The van der Waals surface area contributed by atoms with Crippen molar-refractivity contribution in [1.29, 1.82) is 0 Å². The molecule has 1 aromatic carbocycles. The van der Waals surface area contributed by atoms with Crippen LogP contribution < -0.4 is 4.90 Å². The van der Waals surface area contributed by atoms with E-state index in [1.165, 1.54) is 11.1 Å². The number of aromatic nitrogens is 1. The number of rotatable bonds is 2. The fourth-order valence-corrected chi connectivity index (χ4v) is 2.56. The SMILES string of the molecule is OCC1CCN(c2cccc3ncccc23)C1. The van der Waals surface area contributed by atoms with Crippen LogP contribution in [0.2, 0.25) is 0 Å². The van der Waals surface area contributed by atoms with Gasteiger partial charge in [0, 0.05) is 42.9 Å². The van der Waals surface area contributed by atoms with E-state index >= 15 is 0 Å². The summed E-state index contributed by atoms with van der Waals surface area (Å²) in [7, 11) is 0. The molecule has 0 bridgehead atoms. The number of hydrogen-bond donors (Lipinski definition) is 1. The van der Waals surface area contributed by atoms with Crippen molar-refractivity contribution < 1.29 is 5.11 Å². The summed E-state index contributed by atoms with van der Waals surface area (Å²) in [6.07, 6.45) is 2.90. The summed E-state index contributed by atoms with van der Waals surface area (Å²) in [6, 6.07) is 10.3. The van der Waals surface area contributed by atoms with Crippen LogP contribution >= 0.6 is 0 Å². The van der Waals surface area contributed by atoms with Crippen molar-refractivity contribution in [3.63, 3.8) is 0 Å². The van der Waals surface area contributed by atoms with E-state index < -0.39 is 0 Å². The normalized spacial score (nSPS) is 20.1. The van der Waals surface area contributed by atoms with Crippen LogP contribution in [0.15, 0.2) is 36.5 Å². The lowest BCUT2D eigenvalue weighted by Gasteiger charge is -2.20. The number of nitrogens with zero attached hydrogens (tertiary/aromatic N) is 2. The number of aliphatic hydroxyl groups is 1. The minimum atomic E-state index is 0.291. The highest BCUT2D eigenvalue weighted by atomic mass is 16.3. The molecule has 1 atom stereocenters. The average molecular weight is 228 g/mol. The Balaban J connectivity index is 2.00. The first kappa shape index (κ1) is 10.5. The van der Waals surface area contributed by atoms with E-state index in [0.29, 0.717) is 12.5 Å². The summed E-state index contributed by atoms with van der Waals surface area (Å²) in [6.45, 7) is 2.27. The average Bonchev–Trinajstić information content (AvgIpc) is 2.87. The summed E-state index contributed by atoms with van der Waals surface area (Å²) in [5.74, 6) is 0.418. The van der Waals surface area contributed by atoms with Crippen LogP contribution in [0.4, 0.5) is 5.69 Å². The molecular formula is C14H16N2O. The molecule has 1 saturated heterocycles. The molecule has 1 aromatic heterocycles. The van der Waals surface area contributed by atoms with Crippen molar-refractivity contribution in [2.24, 2.45) is 5.92 Å². The Morgan fingerprint density at radius 3 is 3.06 bits per heavy atom. The Kier molecular flexibility index (Phi) is 2.69. The predicted octanol–water partition coefficient (Wildman–Crippen LogP) is 2.05. The van der Waals surface area contributed by atoms with Gasteiger partial charge in [-0.2, -0.15) is 0 Å². The maximum atomic E-state index is 9.20. The van der Waals surface area contributed by atoms with Crippen LogP contribution in [0, 0.1) is 5.92 Å². The third-order valence-corrected chi connectivity index (χ3v) is 3.51. The van der Waals surface area contributed by atoms with Crippen LogP contribution in [0.1, 0.15) is 6.42 Å². The Morgan fingerprint density at radius 2 is 2.24 bits per heavy atom. The fraction of sp³-hybridized carbons (Fsp3) is 0.357. The van der Waals surface area contributed by atoms with Gasteiger partial charge in [-0.25, -0.2) is 0 Å². The maximum Gasteiger partial charge on any atom is 0.0722 e. The van der Waals surface area contributed by atoms with E-state index in [0.717, 1.165) is 25.0 Å². The van der Waals surface area contributed by atoms with Gasteiger partial charge in [0.2, 0.25) is 0 Å². The second-order valence-corrected chi connectivity index (χ2v) is 4.63. The molecule has 1 unspecified atom stereocenters. The van der Waals surface area contributed by atoms with Gasteiger partial charge < -0.3 is 10.0 Å². The molecule has 0 amide bonds. The lowest BCUT2D eigenvalue weighted by Crippen LogP contribution is -2.20. The second kappa shape index (κ2) is 4.34. The Bertz CT molecular complexity index is 521. The molecule has 1 N–H and O–H groups in total. The first-order chi connectivity index (χ1) is 8.38. The minimum Gasteiger partial charge on any atom is -0.396 e. The molecule has 0 aliphatic carbocycles. The van der Waals surface area contributed by atoms with E-state index in [1.54, 1.807) is 0 Å². The Labute approximate surface area is 101 Å². The molecule has 0 radical (unpaired) electrons. The van der Waals surface area contributed by atoms with Crippen LogP contribution in [-0.2, 0) is 0 Å². The highest BCUT2D eigenvalue weighted by Crippen LogP contribution is 2.29. The zero-order valence-corrected chi connectivity index (χ0v) is 9.71. The molecular weight excluding hydrogens is 212 g/mol. The van der Waals surface area contributed by atoms with Crippen molar-refractivity contribution in [2.75, 3.05) is 24.6 Å². The molecule has 2 heterocycles. The van der Waals surface area contributed by atoms with Gasteiger partial charge in [0.25, 0.3) is 0 Å². The van der Waals surface area contributed by atoms with Gasteiger partial charge in [-0.1, -0.05) is 6.07 Å². The van der Waals surface area contributed by atoms with Gasteiger partial charge in [-0.05, 0) is 30.7 Å². The van der Waals surface area contributed by atoms with Gasteiger partial charge in [0.05, 0.1) is 5.52 Å². The van der Waals surface area contributed by atoms with Crippen LogP contribution in [0.25, 0.3) is 10.9 Å². The molecule has 17 heavy (non-hydrogen) atoms. The smallest absolute Gasteiger partial charge is 0.0722 e. The topological polar surface area (TPSA) is 36.4 Å². The van der Waals surface area contributed by atoms with Crippen LogP contribution in [-0.4, -0.2) is 29.8 Å². The summed E-state index contributed by atoms with van der Waals surface area (Å²) in [5.41, 5.74) is 2.28. The van der Waals surface area contributed by atoms with E-state index in [2.05, 4.69) is 28.1 Å². The van der Waals surface area contributed by atoms with E-state index in [-0.39, 0.29) is 0 Å². The van der Waals surface area contributed by atoms with E-state index in [9.17, 15) is 5.11 Å². The lowest BCUT2D eigenvalue weighted by atomic mass is 10.1. The minimum absolute atomic E-state index is 0.291. The monoisotopic (exact) mass is 228 g/mol. The van der Waals surface area contributed by atoms with Crippen molar-refractivity contribution in [1.82, 2.24) is 4.98 Å². The molecule has 0 saturated carbocycles. The second-order valence-electron chi connectivity index (χ2n) is 4.63.